The molecule has 0 heterocycles. The summed E-state index contributed by atoms with van der Waals surface area (Å²) in [6.45, 7) is 3.87. The number of ether oxygens (including phenoxy) is 1. The molecule has 2 N–H and O–H groups in total. The van der Waals surface area contributed by atoms with Gasteiger partial charge in [0, 0.05) is 0 Å². The summed E-state index contributed by atoms with van der Waals surface area (Å²) >= 11 is 0. The van der Waals surface area contributed by atoms with Gasteiger partial charge in [0.05, 0.1) is 24.1 Å². The zero-order valence-corrected chi connectivity index (χ0v) is 15.0. The molecular formula is C18H22N2O4S. The number of sulfonamides is 1. The first-order valence-corrected chi connectivity index (χ1v) is 9.47. The lowest BCUT2D eigenvalue weighted by Gasteiger charge is -2.14. The van der Waals surface area contributed by atoms with Crippen molar-refractivity contribution in [2.75, 3.05) is 13.2 Å². The standard InChI is InChI=1S/C18H22N2O4S/c1-3-24-16-9-11-17(12-10-16)25(22,23)19-13-18(21)20-14(2)15-7-5-4-6-8-15/h4-12,14,19H,3,13H2,1-2H3,(H,20,21)/t14-/m0/s1. The van der Waals surface area contributed by atoms with Crippen LogP contribution in [0.3, 0.4) is 0 Å². The number of benzene rings is 2. The van der Waals surface area contributed by atoms with Gasteiger partial charge in [-0.3, -0.25) is 4.79 Å². The Morgan fingerprint density at radius 2 is 1.72 bits per heavy atom. The molecule has 25 heavy (non-hydrogen) atoms. The van der Waals surface area contributed by atoms with Crippen LogP contribution in [0.1, 0.15) is 25.5 Å². The molecule has 0 aliphatic carbocycles. The number of rotatable bonds is 8. The summed E-state index contributed by atoms with van der Waals surface area (Å²) in [6, 6.07) is 15.3. The van der Waals surface area contributed by atoms with Crippen molar-refractivity contribution >= 4 is 15.9 Å². The van der Waals surface area contributed by atoms with Crippen molar-refractivity contribution in [3.05, 3.63) is 60.2 Å². The van der Waals surface area contributed by atoms with Gasteiger partial charge in [0.2, 0.25) is 15.9 Å². The van der Waals surface area contributed by atoms with Crippen molar-refractivity contribution in [1.29, 1.82) is 0 Å². The molecule has 0 aliphatic rings. The Bertz CT molecular complexity index is 790. The fraction of sp³-hybridized carbons (Fsp3) is 0.278. The normalized spacial score (nSPS) is 12.4. The maximum atomic E-state index is 12.2. The van der Waals surface area contributed by atoms with Crippen molar-refractivity contribution in [3.8, 4) is 5.75 Å². The lowest BCUT2D eigenvalue weighted by atomic mass is 10.1. The van der Waals surface area contributed by atoms with E-state index in [1.807, 2.05) is 44.2 Å². The van der Waals surface area contributed by atoms with Crippen molar-refractivity contribution in [2.24, 2.45) is 0 Å². The first kappa shape index (κ1) is 19.0. The van der Waals surface area contributed by atoms with E-state index in [0.717, 1.165) is 5.56 Å². The van der Waals surface area contributed by atoms with E-state index < -0.39 is 15.9 Å². The van der Waals surface area contributed by atoms with Crippen LogP contribution in [0.5, 0.6) is 5.75 Å². The van der Waals surface area contributed by atoms with E-state index in [0.29, 0.717) is 12.4 Å². The highest BCUT2D eigenvalue weighted by Crippen LogP contribution is 2.16. The van der Waals surface area contributed by atoms with Gasteiger partial charge in [-0.25, -0.2) is 13.1 Å². The third-order valence-corrected chi connectivity index (χ3v) is 4.96. The van der Waals surface area contributed by atoms with Crippen LogP contribution in [0.15, 0.2) is 59.5 Å². The summed E-state index contributed by atoms with van der Waals surface area (Å²) in [7, 11) is -3.75. The molecule has 7 heteroatoms. The lowest BCUT2D eigenvalue weighted by Crippen LogP contribution is -2.38. The average Bonchev–Trinajstić information content (AvgIpc) is 2.61. The van der Waals surface area contributed by atoms with E-state index in [9.17, 15) is 13.2 Å². The Morgan fingerprint density at radius 3 is 2.32 bits per heavy atom. The second kappa shape index (κ2) is 8.64. The number of hydrogen-bond acceptors (Lipinski definition) is 4. The second-order valence-corrected chi connectivity index (χ2v) is 7.20. The maximum Gasteiger partial charge on any atom is 0.241 e. The molecule has 2 aromatic carbocycles. The molecule has 6 nitrogen and oxygen atoms in total. The van der Waals surface area contributed by atoms with Gasteiger partial charge in [0.25, 0.3) is 0 Å². The summed E-state index contributed by atoms with van der Waals surface area (Å²) in [5, 5.41) is 2.76. The molecule has 0 bridgehead atoms. The zero-order chi connectivity index (χ0) is 18.3. The Morgan fingerprint density at radius 1 is 1.08 bits per heavy atom. The van der Waals surface area contributed by atoms with E-state index in [4.69, 9.17) is 4.74 Å². The van der Waals surface area contributed by atoms with Crippen molar-refractivity contribution in [2.45, 2.75) is 24.8 Å². The summed E-state index contributed by atoms with van der Waals surface area (Å²) in [6.07, 6.45) is 0. The molecule has 134 valence electrons. The fourth-order valence-electron chi connectivity index (χ4n) is 2.24. The van der Waals surface area contributed by atoms with E-state index in [-0.39, 0.29) is 17.5 Å². The molecule has 2 aromatic rings. The predicted octanol–water partition coefficient (Wildman–Crippen LogP) is 2.24. The first-order valence-electron chi connectivity index (χ1n) is 7.99. The third-order valence-electron chi connectivity index (χ3n) is 3.54. The van der Waals surface area contributed by atoms with Crippen LogP contribution >= 0.6 is 0 Å². The number of hydrogen-bond donors (Lipinski definition) is 2. The molecule has 0 spiro atoms. The Balaban J connectivity index is 1.91. The van der Waals surface area contributed by atoms with Gasteiger partial charge in [-0.15, -0.1) is 0 Å². The van der Waals surface area contributed by atoms with Crippen LogP contribution in [0.2, 0.25) is 0 Å². The summed E-state index contributed by atoms with van der Waals surface area (Å²) in [5.41, 5.74) is 0.949. The largest absolute Gasteiger partial charge is 0.494 e. The number of carbonyl (C=O) groups excluding carboxylic acids is 1. The summed E-state index contributed by atoms with van der Waals surface area (Å²) in [4.78, 5) is 12.1. The van der Waals surface area contributed by atoms with Crippen molar-refractivity contribution in [3.63, 3.8) is 0 Å². The molecule has 1 atom stereocenters. The van der Waals surface area contributed by atoms with Crippen molar-refractivity contribution < 1.29 is 17.9 Å². The summed E-state index contributed by atoms with van der Waals surface area (Å²) < 4.78 is 32.0. The van der Waals surface area contributed by atoms with E-state index in [1.165, 1.54) is 12.1 Å². The molecule has 0 aromatic heterocycles. The Kier molecular flexibility index (Phi) is 6.55. The minimum Gasteiger partial charge on any atom is -0.494 e. The quantitative estimate of drug-likeness (QED) is 0.754. The molecular weight excluding hydrogens is 340 g/mol. The topological polar surface area (TPSA) is 84.5 Å². The molecule has 0 radical (unpaired) electrons. The van der Waals surface area contributed by atoms with Crippen LogP contribution in [-0.2, 0) is 14.8 Å². The minimum absolute atomic E-state index is 0.0832. The molecule has 0 saturated carbocycles. The highest BCUT2D eigenvalue weighted by Gasteiger charge is 2.16. The molecule has 0 unspecified atom stereocenters. The van der Waals surface area contributed by atoms with Gasteiger partial charge in [-0.05, 0) is 43.7 Å². The van der Waals surface area contributed by atoms with Crippen LogP contribution in [0, 0.1) is 0 Å². The first-order chi connectivity index (χ1) is 11.9. The maximum absolute atomic E-state index is 12.2. The van der Waals surface area contributed by atoms with Crippen molar-refractivity contribution in [1.82, 2.24) is 10.0 Å². The number of nitrogens with one attached hydrogen (secondary N) is 2. The molecule has 2 rings (SSSR count). The fourth-order valence-corrected chi connectivity index (χ4v) is 3.23. The minimum atomic E-state index is -3.75. The van der Waals surface area contributed by atoms with E-state index in [1.54, 1.807) is 12.1 Å². The number of carbonyl (C=O) groups is 1. The van der Waals surface area contributed by atoms with Crippen LogP contribution in [0.4, 0.5) is 0 Å². The zero-order valence-electron chi connectivity index (χ0n) is 14.2. The molecule has 0 aliphatic heterocycles. The van der Waals surface area contributed by atoms with E-state index >= 15 is 0 Å². The van der Waals surface area contributed by atoms with Gasteiger partial charge < -0.3 is 10.1 Å². The van der Waals surface area contributed by atoms with Crippen LogP contribution in [-0.4, -0.2) is 27.5 Å². The van der Waals surface area contributed by atoms with Gasteiger partial charge in [-0.1, -0.05) is 30.3 Å². The third kappa shape index (κ3) is 5.58. The second-order valence-electron chi connectivity index (χ2n) is 5.43. The Hall–Kier alpha value is -2.38. The van der Waals surface area contributed by atoms with Gasteiger partial charge in [0.1, 0.15) is 5.75 Å². The molecule has 1 amide bonds. The van der Waals surface area contributed by atoms with Crippen LogP contribution < -0.4 is 14.8 Å². The highest BCUT2D eigenvalue weighted by atomic mass is 32.2. The average molecular weight is 362 g/mol. The molecule has 0 saturated heterocycles. The van der Waals surface area contributed by atoms with Gasteiger partial charge in [0.15, 0.2) is 0 Å². The van der Waals surface area contributed by atoms with Gasteiger partial charge >= 0.3 is 0 Å². The highest BCUT2D eigenvalue weighted by molar-refractivity contribution is 7.89. The SMILES string of the molecule is CCOc1ccc(S(=O)(=O)NCC(=O)N[C@@H](C)c2ccccc2)cc1. The monoisotopic (exact) mass is 362 g/mol. The predicted molar refractivity (Wildman–Crippen MR) is 95.8 cm³/mol. The smallest absolute Gasteiger partial charge is 0.241 e. The molecule has 0 fully saturated rings. The van der Waals surface area contributed by atoms with Crippen LogP contribution in [0.25, 0.3) is 0 Å². The summed E-state index contributed by atoms with van der Waals surface area (Å²) in [5.74, 6) is 0.196. The lowest BCUT2D eigenvalue weighted by molar-refractivity contribution is -0.120. The Labute approximate surface area is 148 Å². The van der Waals surface area contributed by atoms with Gasteiger partial charge in [-0.2, -0.15) is 0 Å². The number of amides is 1. The van der Waals surface area contributed by atoms with E-state index in [2.05, 4.69) is 10.0 Å².